The third-order valence-electron chi connectivity index (χ3n) is 4.37. The number of halogens is 1. The lowest BCUT2D eigenvalue weighted by molar-refractivity contribution is -0.124. The average Bonchev–Trinajstić information content (AvgIpc) is 3.01. The number of aliphatic hydroxyl groups excluding tert-OH is 1. The second-order valence-corrected chi connectivity index (χ2v) is 6.77. The second kappa shape index (κ2) is 11.0. The Hall–Kier alpha value is -1.83. The molecule has 3 amide bonds. The standard InChI is InChI=1S/C18H28N4O3.ClH/c1-12(2)16(17(24)20-10-14-9-19-11-15(14)23)22-18(25)21-8-13-6-4-3-5-7-13;/h3-7,12,14-16,19,23H,8-11H2,1-2H3,(H,20,24)(H2,21,22,25);1H. The molecule has 1 aromatic carbocycles. The third kappa shape index (κ3) is 6.82. The van der Waals surface area contributed by atoms with Gasteiger partial charge in [0.1, 0.15) is 6.04 Å². The van der Waals surface area contributed by atoms with Crippen LogP contribution < -0.4 is 21.3 Å². The first-order chi connectivity index (χ1) is 12.0. The van der Waals surface area contributed by atoms with Gasteiger partial charge in [0.15, 0.2) is 0 Å². The minimum Gasteiger partial charge on any atom is -0.391 e. The quantitative estimate of drug-likeness (QED) is 0.475. The van der Waals surface area contributed by atoms with E-state index in [0.29, 0.717) is 26.2 Å². The number of β-amino-alcohol motifs (C(OH)–C–C–N with tert-alkyl or cyclic N) is 1. The van der Waals surface area contributed by atoms with Crippen molar-refractivity contribution in [3.63, 3.8) is 0 Å². The summed E-state index contributed by atoms with van der Waals surface area (Å²) in [4.78, 5) is 24.5. The summed E-state index contributed by atoms with van der Waals surface area (Å²) in [6.07, 6.45) is -0.445. The lowest BCUT2D eigenvalue weighted by Crippen LogP contribution is -2.53. The van der Waals surface area contributed by atoms with Gasteiger partial charge < -0.3 is 26.4 Å². The van der Waals surface area contributed by atoms with Crippen molar-refractivity contribution in [3.05, 3.63) is 35.9 Å². The molecule has 3 atom stereocenters. The van der Waals surface area contributed by atoms with E-state index in [9.17, 15) is 14.7 Å². The number of carbonyl (C=O) groups excluding carboxylic acids is 2. The Kier molecular flexibility index (Phi) is 9.40. The number of nitrogens with one attached hydrogen (secondary N) is 4. The molecule has 1 saturated heterocycles. The van der Waals surface area contributed by atoms with Crippen LogP contribution in [0, 0.1) is 11.8 Å². The summed E-state index contributed by atoms with van der Waals surface area (Å²) in [6, 6.07) is 8.58. The van der Waals surface area contributed by atoms with Gasteiger partial charge in [-0.1, -0.05) is 44.2 Å². The number of urea groups is 1. The van der Waals surface area contributed by atoms with Crippen LogP contribution in [0.15, 0.2) is 30.3 Å². The molecule has 0 aromatic heterocycles. The normalized spacial score (nSPS) is 20.2. The van der Waals surface area contributed by atoms with Crippen LogP contribution in [0.5, 0.6) is 0 Å². The lowest BCUT2D eigenvalue weighted by atomic mass is 10.0. The molecule has 1 aliphatic rings. The van der Waals surface area contributed by atoms with Gasteiger partial charge in [-0.05, 0) is 11.5 Å². The van der Waals surface area contributed by atoms with Crippen molar-refractivity contribution in [2.24, 2.45) is 11.8 Å². The van der Waals surface area contributed by atoms with E-state index in [2.05, 4.69) is 21.3 Å². The number of aliphatic hydroxyl groups is 1. The molecular formula is C18H29ClN4O3. The van der Waals surface area contributed by atoms with E-state index >= 15 is 0 Å². The lowest BCUT2D eigenvalue weighted by Gasteiger charge is -2.23. The SMILES string of the molecule is CC(C)C(NC(=O)NCc1ccccc1)C(=O)NCC1CNCC1O.Cl. The average molecular weight is 385 g/mol. The van der Waals surface area contributed by atoms with Gasteiger partial charge in [0.2, 0.25) is 5.91 Å². The molecular weight excluding hydrogens is 356 g/mol. The van der Waals surface area contributed by atoms with Gasteiger partial charge in [-0.2, -0.15) is 0 Å². The van der Waals surface area contributed by atoms with Gasteiger partial charge in [-0.15, -0.1) is 12.4 Å². The molecule has 0 bridgehead atoms. The van der Waals surface area contributed by atoms with E-state index in [0.717, 1.165) is 5.56 Å². The van der Waals surface area contributed by atoms with Gasteiger partial charge in [0, 0.05) is 32.1 Å². The number of rotatable bonds is 7. The molecule has 1 aromatic rings. The Morgan fingerprint density at radius 1 is 1.19 bits per heavy atom. The van der Waals surface area contributed by atoms with Gasteiger partial charge in [-0.25, -0.2) is 4.79 Å². The summed E-state index contributed by atoms with van der Waals surface area (Å²) in [5.74, 6) is -0.276. The van der Waals surface area contributed by atoms with Crippen molar-refractivity contribution in [2.75, 3.05) is 19.6 Å². The van der Waals surface area contributed by atoms with Gasteiger partial charge in [0.05, 0.1) is 6.10 Å². The minimum absolute atomic E-state index is 0. The zero-order chi connectivity index (χ0) is 18.2. The molecule has 1 aliphatic heterocycles. The molecule has 1 heterocycles. The van der Waals surface area contributed by atoms with Crippen molar-refractivity contribution < 1.29 is 14.7 Å². The van der Waals surface area contributed by atoms with Crippen LogP contribution in [0.4, 0.5) is 4.79 Å². The zero-order valence-corrected chi connectivity index (χ0v) is 16.0. The number of hydrogen-bond donors (Lipinski definition) is 5. The van der Waals surface area contributed by atoms with Gasteiger partial charge >= 0.3 is 6.03 Å². The van der Waals surface area contributed by atoms with Crippen molar-refractivity contribution in [3.8, 4) is 0 Å². The third-order valence-corrected chi connectivity index (χ3v) is 4.37. The smallest absolute Gasteiger partial charge is 0.315 e. The highest BCUT2D eigenvalue weighted by molar-refractivity contribution is 5.87. The topological polar surface area (TPSA) is 102 Å². The molecule has 2 rings (SSSR count). The van der Waals surface area contributed by atoms with Crippen LogP contribution in [0.25, 0.3) is 0 Å². The Balaban J connectivity index is 0.00000338. The molecule has 5 N–H and O–H groups in total. The van der Waals surface area contributed by atoms with Crippen molar-refractivity contribution in [1.29, 1.82) is 0 Å². The van der Waals surface area contributed by atoms with Crippen molar-refractivity contribution in [1.82, 2.24) is 21.3 Å². The van der Waals surface area contributed by atoms with Crippen molar-refractivity contribution in [2.45, 2.75) is 32.5 Å². The van der Waals surface area contributed by atoms with E-state index < -0.39 is 12.1 Å². The monoisotopic (exact) mass is 384 g/mol. The molecule has 0 spiro atoms. The highest BCUT2D eigenvalue weighted by Crippen LogP contribution is 2.08. The van der Waals surface area contributed by atoms with Crippen LogP contribution in [0.3, 0.4) is 0 Å². The Labute approximate surface area is 160 Å². The largest absolute Gasteiger partial charge is 0.391 e. The molecule has 0 saturated carbocycles. The van der Waals surface area contributed by atoms with E-state index in [4.69, 9.17) is 0 Å². The number of hydrogen-bond acceptors (Lipinski definition) is 4. The predicted molar refractivity (Wildman–Crippen MR) is 103 cm³/mol. The van der Waals surface area contributed by atoms with Crippen LogP contribution in [-0.2, 0) is 11.3 Å². The molecule has 8 heteroatoms. The van der Waals surface area contributed by atoms with Crippen LogP contribution in [0.2, 0.25) is 0 Å². The minimum atomic E-state index is -0.623. The molecule has 7 nitrogen and oxygen atoms in total. The molecule has 0 radical (unpaired) electrons. The Morgan fingerprint density at radius 2 is 1.88 bits per heavy atom. The van der Waals surface area contributed by atoms with Crippen LogP contribution in [0.1, 0.15) is 19.4 Å². The maximum atomic E-state index is 12.4. The summed E-state index contributed by atoms with van der Waals surface area (Å²) < 4.78 is 0. The first-order valence-corrected chi connectivity index (χ1v) is 8.72. The number of amides is 3. The molecule has 0 aliphatic carbocycles. The fourth-order valence-electron chi connectivity index (χ4n) is 2.77. The summed E-state index contributed by atoms with van der Waals surface area (Å²) >= 11 is 0. The summed E-state index contributed by atoms with van der Waals surface area (Å²) in [5, 5.41) is 21.2. The first-order valence-electron chi connectivity index (χ1n) is 8.72. The summed E-state index contributed by atoms with van der Waals surface area (Å²) in [6.45, 7) is 5.79. The van der Waals surface area contributed by atoms with E-state index in [1.807, 2.05) is 44.2 Å². The molecule has 146 valence electrons. The molecule has 3 unspecified atom stereocenters. The van der Waals surface area contributed by atoms with Crippen LogP contribution >= 0.6 is 12.4 Å². The highest BCUT2D eigenvalue weighted by Gasteiger charge is 2.28. The Morgan fingerprint density at radius 3 is 2.46 bits per heavy atom. The van der Waals surface area contributed by atoms with Crippen molar-refractivity contribution >= 4 is 24.3 Å². The van der Waals surface area contributed by atoms with Gasteiger partial charge in [0.25, 0.3) is 0 Å². The first kappa shape index (κ1) is 22.2. The fourth-order valence-corrected chi connectivity index (χ4v) is 2.77. The number of carbonyl (C=O) groups is 2. The second-order valence-electron chi connectivity index (χ2n) is 6.77. The van der Waals surface area contributed by atoms with Gasteiger partial charge in [-0.3, -0.25) is 4.79 Å². The number of benzene rings is 1. The maximum Gasteiger partial charge on any atom is 0.315 e. The molecule has 1 fully saturated rings. The van der Waals surface area contributed by atoms with E-state index in [1.165, 1.54) is 0 Å². The summed E-state index contributed by atoms with van der Waals surface area (Å²) in [5.41, 5.74) is 0.992. The maximum absolute atomic E-state index is 12.4. The Bertz CT molecular complexity index is 571. The highest BCUT2D eigenvalue weighted by atomic mass is 35.5. The van der Waals surface area contributed by atoms with Crippen LogP contribution in [-0.4, -0.2) is 48.8 Å². The predicted octanol–water partition coefficient (Wildman–Crippen LogP) is 0.629. The molecule has 26 heavy (non-hydrogen) atoms. The zero-order valence-electron chi connectivity index (χ0n) is 15.2. The van der Waals surface area contributed by atoms with E-state index in [-0.39, 0.29) is 36.2 Å². The van der Waals surface area contributed by atoms with E-state index in [1.54, 1.807) is 0 Å². The fraction of sp³-hybridized carbons (Fsp3) is 0.556. The summed E-state index contributed by atoms with van der Waals surface area (Å²) in [7, 11) is 0.